The molecule has 2 aromatic rings. The minimum absolute atomic E-state index is 0.185. The molecule has 0 radical (unpaired) electrons. The van der Waals surface area contributed by atoms with Gasteiger partial charge in [-0.25, -0.2) is 0 Å². The van der Waals surface area contributed by atoms with Gasteiger partial charge in [0.1, 0.15) is 0 Å². The van der Waals surface area contributed by atoms with Crippen LogP contribution in [0.5, 0.6) is 0 Å². The Morgan fingerprint density at radius 2 is 1.59 bits per heavy atom. The first-order valence-electron chi connectivity index (χ1n) is 5.93. The van der Waals surface area contributed by atoms with Crippen molar-refractivity contribution in [2.75, 3.05) is 0 Å². The van der Waals surface area contributed by atoms with E-state index in [9.17, 15) is 0 Å². The lowest BCUT2D eigenvalue weighted by molar-refractivity contribution is 0.427. The Morgan fingerprint density at radius 3 is 2.00 bits per heavy atom. The Kier molecular flexibility index (Phi) is 2.82. The number of hydrogen-bond acceptors (Lipinski definition) is 2. The molecule has 0 unspecified atom stereocenters. The van der Waals surface area contributed by atoms with E-state index in [0.29, 0.717) is 0 Å². The molecule has 2 nitrogen and oxygen atoms in total. The zero-order chi connectivity index (χ0) is 12.6. The van der Waals surface area contributed by atoms with Crippen LogP contribution in [0, 0.1) is 13.8 Å². The van der Waals surface area contributed by atoms with Gasteiger partial charge in [-0.2, -0.15) is 0 Å². The van der Waals surface area contributed by atoms with Crippen LogP contribution in [-0.4, -0.2) is 5.16 Å². The summed E-state index contributed by atoms with van der Waals surface area (Å²) in [6, 6.07) is 8.53. The third-order valence-electron chi connectivity index (χ3n) is 3.17. The molecule has 17 heavy (non-hydrogen) atoms. The van der Waals surface area contributed by atoms with E-state index in [2.05, 4.69) is 50.2 Å². The van der Waals surface area contributed by atoms with Crippen LogP contribution in [0.1, 0.15) is 37.6 Å². The van der Waals surface area contributed by atoms with E-state index in [-0.39, 0.29) is 5.41 Å². The summed E-state index contributed by atoms with van der Waals surface area (Å²) in [5, 5.41) is 3.99. The Bertz CT molecular complexity index is 515. The van der Waals surface area contributed by atoms with Crippen LogP contribution in [0.25, 0.3) is 11.3 Å². The number of aromatic nitrogens is 1. The Labute approximate surface area is 103 Å². The zero-order valence-electron chi connectivity index (χ0n) is 11.2. The molecule has 0 amide bonds. The molecule has 0 saturated carbocycles. The lowest BCUT2D eigenvalue weighted by Crippen LogP contribution is -2.10. The maximum Gasteiger partial charge on any atom is 0.170 e. The highest BCUT2D eigenvalue weighted by atomic mass is 16.5. The van der Waals surface area contributed by atoms with Crippen LogP contribution in [0.4, 0.5) is 0 Å². The predicted molar refractivity (Wildman–Crippen MR) is 70.1 cm³/mol. The quantitative estimate of drug-likeness (QED) is 0.730. The van der Waals surface area contributed by atoms with Gasteiger partial charge in [0, 0.05) is 11.1 Å². The largest absolute Gasteiger partial charge is 0.356 e. The minimum atomic E-state index is 0.185. The lowest BCUT2D eigenvalue weighted by atomic mass is 9.86. The lowest BCUT2D eigenvalue weighted by Gasteiger charge is -2.18. The highest BCUT2D eigenvalue weighted by molar-refractivity contribution is 5.62. The standard InChI is InChI=1S/C15H19NO/c1-10-11(2)16-17-14(10)12-6-8-13(9-7-12)15(3,4)5/h6-9H,1-5H3. The van der Waals surface area contributed by atoms with Gasteiger partial charge < -0.3 is 4.52 Å². The van der Waals surface area contributed by atoms with E-state index < -0.39 is 0 Å². The highest BCUT2D eigenvalue weighted by Gasteiger charge is 2.15. The van der Waals surface area contributed by atoms with Crippen molar-refractivity contribution in [3.63, 3.8) is 0 Å². The summed E-state index contributed by atoms with van der Waals surface area (Å²) in [7, 11) is 0. The average Bonchev–Trinajstić information content (AvgIpc) is 2.59. The first kappa shape index (κ1) is 11.9. The summed E-state index contributed by atoms with van der Waals surface area (Å²) in [6.07, 6.45) is 0. The first-order chi connectivity index (χ1) is 7.89. The molecular formula is C15H19NO. The third-order valence-corrected chi connectivity index (χ3v) is 3.17. The van der Waals surface area contributed by atoms with Gasteiger partial charge in [-0.3, -0.25) is 0 Å². The maximum atomic E-state index is 5.36. The summed E-state index contributed by atoms with van der Waals surface area (Å²) in [6.45, 7) is 10.6. The Balaban J connectivity index is 2.40. The fourth-order valence-corrected chi connectivity index (χ4v) is 1.81. The smallest absolute Gasteiger partial charge is 0.170 e. The SMILES string of the molecule is Cc1noc(-c2ccc(C(C)(C)C)cc2)c1C. The van der Waals surface area contributed by atoms with Gasteiger partial charge in [0.15, 0.2) is 5.76 Å². The van der Waals surface area contributed by atoms with Gasteiger partial charge >= 0.3 is 0 Å². The van der Waals surface area contributed by atoms with Crippen molar-refractivity contribution in [1.82, 2.24) is 5.16 Å². The van der Waals surface area contributed by atoms with Crippen LogP contribution in [0.15, 0.2) is 28.8 Å². The van der Waals surface area contributed by atoms with Gasteiger partial charge in [-0.1, -0.05) is 50.2 Å². The maximum absolute atomic E-state index is 5.36. The van der Waals surface area contributed by atoms with Crippen molar-refractivity contribution < 1.29 is 4.52 Å². The molecule has 1 aromatic carbocycles. The van der Waals surface area contributed by atoms with Gasteiger partial charge in [0.2, 0.25) is 0 Å². The average molecular weight is 229 g/mol. The van der Waals surface area contributed by atoms with E-state index in [4.69, 9.17) is 4.52 Å². The Hall–Kier alpha value is -1.57. The minimum Gasteiger partial charge on any atom is -0.356 e. The van der Waals surface area contributed by atoms with Crippen molar-refractivity contribution in [3.8, 4) is 11.3 Å². The molecule has 0 atom stereocenters. The van der Waals surface area contributed by atoms with E-state index in [1.54, 1.807) is 0 Å². The van der Waals surface area contributed by atoms with E-state index >= 15 is 0 Å². The topological polar surface area (TPSA) is 26.0 Å². The molecule has 0 aliphatic rings. The molecule has 90 valence electrons. The molecule has 2 heteroatoms. The van der Waals surface area contributed by atoms with Crippen LogP contribution in [-0.2, 0) is 5.41 Å². The number of benzene rings is 1. The van der Waals surface area contributed by atoms with Crippen molar-refractivity contribution in [1.29, 1.82) is 0 Å². The van der Waals surface area contributed by atoms with Crippen LogP contribution >= 0.6 is 0 Å². The zero-order valence-corrected chi connectivity index (χ0v) is 11.2. The second-order valence-corrected chi connectivity index (χ2v) is 5.55. The van der Waals surface area contributed by atoms with Crippen LogP contribution in [0.3, 0.4) is 0 Å². The number of nitrogens with zero attached hydrogens (tertiary/aromatic N) is 1. The summed E-state index contributed by atoms with van der Waals surface area (Å²) < 4.78 is 5.36. The number of aryl methyl sites for hydroxylation is 1. The second kappa shape index (κ2) is 4.02. The molecule has 0 N–H and O–H groups in total. The number of rotatable bonds is 1. The predicted octanol–water partition coefficient (Wildman–Crippen LogP) is 4.26. The molecule has 2 rings (SSSR count). The van der Waals surface area contributed by atoms with Gasteiger partial charge in [-0.15, -0.1) is 0 Å². The molecule has 0 aliphatic carbocycles. The number of hydrogen-bond donors (Lipinski definition) is 0. The summed E-state index contributed by atoms with van der Waals surface area (Å²) >= 11 is 0. The van der Waals surface area contributed by atoms with Gasteiger partial charge in [0.25, 0.3) is 0 Å². The summed E-state index contributed by atoms with van der Waals surface area (Å²) in [5.41, 5.74) is 4.69. The van der Waals surface area contributed by atoms with Crippen molar-refractivity contribution in [2.24, 2.45) is 0 Å². The Morgan fingerprint density at radius 1 is 1.00 bits per heavy atom. The van der Waals surface area contributed by atoms with Crippen LogP contribution in [0.2, 0.25) is 0 Å². The van der Waals surface area contributed by atoms with Gasteiger partial charge in [-0.05, 0) is 24.8 Å². The van der Waals surface area contributed by atoms with E-state index in [1.807, 2.05) is 13.8 Å². The van der Waals surface area contributed by atoms with E-state index in [0.717, 1.165) is 22.6 Å². The first-order valence-corrected chi connectivity index (χ1v) is 5.93. The highest BCUT2D eigenvalue weighted by Crippen LogP contribution is 2.28. The summed E-state index contributed by atoms with van der Waals surface area (Å²) in [5.74, 6) is 0.878. The summed E-state index contributed by atoms with van der Waals surface area (Å²) in [4.78, 5) is 0. The fraction of sp³-hybridized carbons (Fsp3) is 0.400. The molecular weight excluding hydrogens is 210 g/mol. The molecule has 0 bridgehead atoms. The molecule has 0 fully saturated rings. The monoisotopic (exact) mass is 229 g/mol. The fourth-order valence-electron chi connectivity index (χ4n) is 1.81. The van der Waals surface area contributed by atoms with Crippen LogP contribution < -0.4 is 0 Å². The molecule has 1 aromatic heterocycles. The normalized spacial score (nSPS) is 11.8. The van der Waals surface area contributed by atoms with E-state index in [1.165, 1.54) is 5.56 Å². The second-order valence-electron chi connectivity index (χ2n) is 5.55. The van der Waals surface area contributed by atoms with Crippen molar-refractivity contribution in [2.45, 2.75) is 40.0 Å². The molecule has 0 saturated heterocycles. The van der Waals surface area contributed by atoms with Gasteiger partial charge in [0.05, 0.1) is 5.69 Å². The van der Waals surface area contributed by atoms with Crippen molar-refractivity contribution >= 4 is 0 Å². The third kappa shape index (κ3) is 2.26. The molecule has 1 heterocycles. The molecule has 0 aliphatic heterocycles. The molecule has 0 spiro atoms. The van der Waals surface area contributed by atoms with Crippen molar-refractivity contribution in [3.05, 3.63) is 41.1 Å².